The molecule has 5 heteroatoms. The molecule has 135 heavy (non-hydrogen) atoms. The van der Waals surface area contributed by atoms with Gasteiger partial charge in [0.05, 0.1) is 33.4 Å². The monoisotopic (exact) mass is 1750 g/mol. The molecule has 2 aromatic heterocycles. The standard InChI is InChI=1S/C130H123BN4/c1-124(2,3)94-54-62-113-107(70-94)108-71-95(125(4,5)6)55-63-114(108)132(113)101-58-60-111-117(80-101)134(122-103(84-42-30-24-31-43-84)74-98(128(13,14)15)76-105(122)92-52-36-50-90(68-92)88-48-34-46-86(66-88)82-38-26-22-27-39-82)119-78-100(130(19,20)21)79-120-121(119)131(111)112-61-59-102(133-115-64-56-96(126(7,8)9)72-109(115)110-73-97(127(10,11)12)57-65-116(110)133)81-118(112)135(120)123-104(85-44-32-25-33-45-85)75-99(129(16,17)18)77-106(123)93-53-37-51-91(69-93)89-49-35-47-87(67-89)83-40-28-23-29-41-83/h22-81H,1-21H3. The Morgan fingerprint density at radius 3 is 0.696 bits per heavy atom. The number of aromatic nitrogens is 2. The lowest BCUT2D eigenvalue weighted by atomic mass is 9.33. The summed E-state index contributed by atoms with van der Waals surface area (Å²) in [5.41, 5.74) is 43.3. The summed E-state index contributed by atoms with van der Waals surface area (Å²) >= 11 is 0. The molecule has 2 aliphatic rings. The molecular formula is C130H123BN4. The van der Waals surface area contributed by atoms with Gasteiger partial charge in [0.15, 0.2) is 0 Å². The maximum Gasteiger partial charge on any atom is 0.252 e. The Labute approximate surface area is 800 Å². The van der Waals surface area contributed by atoms with Crippen LogP contribution in [0.15, 0.2) is 364 Å². The number of anilines is 6. The molecule has 0 saturated heterocycles. The van der Waals surface area contributed by atoms with Crippen LogP contribution in [0.1, 0.15) is 184 Å². The van der Waals surface area contributed by atoms with Crippen molar-refractivity contribution >= 4 is 101 Å². The Kier molecular flexibility index (Phi) is 21.0. The first kappa shape index (κ1) is 87.6. The Hall–Kier alpha value is -14.0. The lowest BCUT2D eigenvalue weighted by molar-refractivity contribution is 0.590. The first-order valence-corrected chi connectivity index (χ1v) is 48.6. The molecule has 2 aliphatic heterocycles. The molecule has 0 saturated carbocycles. The van der Waals surface area contributed by atoms with Crippen LogP contribution in [0.2, 0.25) is 0 Å². The molecule has 0 N–H and O–H groups in total. The number of hydrogen-bond acceptors (Lipinski definition) is 2. The molecule has 0 unspecified atom stereocenters. The largest absolute Gasteiger partial charge is 0.310 e. The topological polar surface area (TPSA) is 16.3 Å². The van der Waals surface area contributed by atoms with E-state index < -0.39 is 5.41 Å². The van der Waals surface area contributed by atoms with Gasteiger partial charge in [0.1, 0.15) is 0 Å². The normalized spacial score (nSPS) is 13.2. The van der Waals surface area contributed by atoms with E-state index in [2.05, 4.69) is 528 Å². The summed E-state index contributed by atoms with van der Waals surface area (Å²) in [7, 11) is 0. The molecule has 0 bridgehead atoms. The highest BCUT2D eigenvalue weighted by Crippen LogP contribution is 2.57. The van der Waals surface area contributed by atoms with Crippen LogP contribution in [0, 0.1) is 0 Å². The van der Waals surface area contributed by atoms with Gasteiger partial charge in [-0.05, 0) is 293 Å². The zero-order valence-electron chi connectivity index (χ0n) is 82.5. The van der Waals surface area contributed by atoms with Gasteiger partial charge >= 0.3 is 0 Å². The second-order valence-electron chi connectivity index (χ2n) is 45.5. The Morgan fingerprint density at radius 2 is 0.415 bits per heavy atom. The molecule has 0 spiro atoms. The highest BCUT2D eigenvalue weighted by molar-refractivity contribution is 7.00. The molecule has 4 heterocycles. The van der Waals surface area contributed by atoms with E-state index in [-0.39, 0.29) is 39.2 Å². The first-order valence-electron chi connectivity index (χ1n) is 48.6. The van der Waals surface area contributed by atoms with Crippen molar-refractivity contribution in [1.82, 2.24) is 9.13 Å². The van der Waals surface area contributed by atoms with Gasteiger partial charge in [-0.1, -0.05) is 376 Å². The van der Waals surface area contributed by atoms with E-state index in [1.807, 2.05) is 0 Å². The number of benzene rings is 17. The van der Waals surface area contributed by atoms with E-state index in [9.17, 15) is 0 Å². The van der Waals surface area contributed by atoms with Crippen molar-refractivity contribution in [3.63, 3.8) is 0 Å². The lowest BCUT2D eigenvalue weighted by Crippen LogP contribution is -2.61. The van der Waals surface area contributed by atoms with Crippen LogP contribution < -0.4 is 26.2 Å². The van der Waals surface area contributed by atoms with Gasteiger partial charge in [-0.2, -0.15) is 0 Å². The number of nitrogens with zero attached hydrogens (tertiary/aromatic N) is 4. The lowest BCUT2D eigenvalue weighted by Gasteiger charge is -2.47. The van der Waals surface area contributed by atoms with Crippen LogP contribution in [0.5, 0.6) is 0 Å². The van der Waals surface area contributed by atoms with Crippen molar-refractivity contribution < 1.29 is 0 Å². The van der Waals surface area contributed by atoms with Crippen molar-refractivity contribution in [1.29, 1.82) is 0 Å². The summed E-state index contributed by atoms with van der Waals surface area (Å²) in [4.78, 5) is 5.59. The predicted molar refractivity (Wildman–Crippen MR) is 584 cm³/mol. The van der Waals surface area contributed by atoms with Crippen molar-refractivity contribution in [2.45, 2.75) is 183 Å². The van der Waals surface area contributed by atoms with Crippen molar-refractivity contribution in [3.05, 3.63) is 403 Å². The van der Waals surface area contributed by atoms with Crippen LogP contribution >= 0.6 is 0 Å². The quantitative estimate of drug-likeness (QED) is 0.113. The molecule has 21 rings (SSSR count). The number of fused-ring (bicyclic) bond motifs is 10. The van der Waals surface area contributed by atoms with E-state index in [0.29, 0.717) is 0 Å². The number of rotatable bonds is 12. The summed E-state index contributed by atoms with van der Waals surface area (Å²) in [5.74, 6) is 0. The van der Waals surface area contributed by atoms with Gasteiger partial charge in [0.2, 0.25) is 0 Å². The van der Waals surface area contributed by atoms with Crippen molar-refractivity contribution in [2.24, 2.45) is 0 Å². The van der Waals surface area contributed by atoms with Crippen LogP contribution in [-0.2, 0) is 37.9 Å². The zero-order valence-corrected chi connectivity index (χ0v) is 82.5. The van der Waals surface area contributed by atoms with E-state index in [0.717, 1.165) is 112 Å². The fourth-order valence-corrected chi connectivity index (χ4v) is 21.1. The third-order valence-corrected chi connectivity index (χ3v) is 28.9. The first-order chi connectivity index (χ1) is 64.3. The minimum Gasteiger partial charge on any atom is -0.310 e. The van der Waals surface area contributed by atoms with E-state index in [1.54, 1.807) is 0 Å². The van der Waals surface area contributed by atoms with Gasteiger partial charge in [0.25, 0.3) is 6.71 Å². The minimum atomic E-state index is -0.419. The number of hydrogen-bond donors (Lipinski definition) is 0. The molecule has 0 atom stereocenters. The van der Waals surface area contributed by atoms with Crippen molar-refractivity contribution in [2.75, 3.05) is 9.80 Å². The zero-order chi connectivity index (χ0) is 94.1. The molecular weight excluding hydrogens is 1630 g/mol. The summed E-state index contributed by atoms with van der Waals surface area (Å²) in [6.45, 7) is 49.5. The van der Waals surface area contributed by atoms with Crippen LogP contribution in [0.4, 0.5) is 34.1 Å². The van der Waals surface area contributed by atoms with E-state index in [4.69, 9.17) is 0 Å². The molecule has 17 aromatic carbocycles. The molecule has 4 nitrogen and oxygen atoms in total. The average molecular weight is 1750 g/mol. The SMILES string of the molecule is CC(C)(C)c1cc(-c2ccccc2)c(N2c3cc(-n4c5ccc(C(C)(C)C)cc5c5cc(C(C)(C)C)ccc54)ccc3B3c4ccc(-n5c6ccc(C(C)(C)C)cc6c6cc(C(C)(C)C)ccc65)cc4N(c4c(-c5ccccc5)cc(C(C)(C)C)cc4-c4cccc(-c5cccc(-c6ccccc6)c5)c4)c4cc(C(C)(C)C)cc2c43)c(-c2cccc(-c3cccc(-c4ccccc4)c3)c2)c1. The Balaban J connectivity index is 0.933. The minimum absolute atomic E-state index is 0.0959. The van der Waals surface area contributed by atoms with Crippen molar-refractivity contribution in [3.8, 4) is 100 Å². The summed E-state index contributed by atoms with van der Waals surface area (Å²) in [6, 6.07) is 142. The maximum atomic E-state index is 2.79. The summed E-state index contributed by atoms with van der Waals surface area (Å²) in [5, 5.41) is 5.01. The fraction of sp³-hybridized carbons (Fsp3) is 0.215. The molecule has 666 valence electrons. The van der Waals surface area contributed by atoms with Gasteiger partial charge < -0.3 is 18.9 Å². The summed E-state index contributed by atoms with van der Waals surface area (Å²) < 4.78 is 5.19. The fourth-order valence-electron chi connectivity index (χ4n) is 21.1. The Morgan fingerprint density at radius 1 is 0.178 bits per heavy atom. The second kappa shape index (κ2) is 32.4. The maximum absolute atomic E-state index is 2.79. The third-order valence-electron chi connectivity index (χ3n) is 28.9. The van der Waals surface area contributed by atoms with Gasteiger partial charge in [-0.3, -0.25) is 0 Å². The molecule has 19 aromatic rings. The molecule has 0 radical (unpaired) electrons. The van der Waals surface area contributed by atoms with E-state index >= 15 is 0 Å². The van der Waals surface area contributed by atoms with Crippen LogP contribution in [0.25, 0.3) is 144 Å². The third kappa shape index (κ3) is 15.7. The van der Waals surface area contributed by atoms with Gasteiger partial charge in [-0.15, -0.1) is 0 Å². The van der Waals surface area contributed by atoms with Gasteiger partial charge in [-0.25, -0.2) is 0 Å². The highest BCUT2D eigenvalue weighted by Gasteiger charge is 2.47. The highest BCUT2D eigenvalue weighted by atomic mass is 15.2. The second-order valence-corrected chi connectivity index (χ2v) is 45.5. The van der Waals surface area contributed by atoms with E-state index in [1.165, 1.54) is 121 Å². The Bertz CT molecular complexity index is 7320. The summed E-state index contributed by atoms with van der Waals surface area (Å²) in [6.07, 6.45) is 0. The molecule has 0 aliphatic carbocycles. The van der Waals surface area contributed by atoms with Crippen LogP contribution in [-0.4, -0.2) is 15.8 Å². The van der Waals surface area contributed by atoms with Crippen LogP contribution in [0.3, 0.4) is 0 Å². The average Bonchev–Trinajstić information content (AvgIpc) is 1.39. The molecule has 0 amide bonds. The smallest absolute Gasteiger partial charge is 0.252 e. The molecule has 0 fully saturated rings. The predicted octanol–water partition coefficient (Wildman–Crippen LogP) is 34.4. The van der Waals surface area contributed by atoms with Gasteiger partial charge in [0, 0.05) is 77.9 Å².